The van der Waals surface area contributed by atoms with Crippen LogP contribution in [0.1, 0.15) is 17.4 Å². The number of nitrogens with one attached hydrogen (secondary N) is 1. The molecule has 0 radical (unpaired) electrons. The second kappa shape index (κ2) is 7.90. The van der Waals surface area contributed by atoms with Crippen LogP contribution in [0.15, 0.2) is 54.7 Å². The van der Waals surface area contributed by atoms with E-state index in [0.29, 0.717) is 25.3 Å². The number of H-pyrrole nitrogens is 1. The van der Waals surface area contributed by atoms with Crippen molar-refractivity contribution in [3.63, 3.8) is 0 Å². The van der Waals surface area contributed by atoms with E-state index in [4.69, 9.17) is 9.47 Å². The zero-order chi connectivity index (χ0) is 18.6. The van der Waals surface area contributed by atoms with Crippen LogP contribution in [0.3, 0.4) is 0 Å². The SMILES string of the molecule is COc1ccc(-c2cnc([C@@H]3COCCN3Cc3ccccc3F)[nH]2)cc1. The van der Waals surface area contributed by atoms with Gasteiger partial charge in [0.2, 0.25) is 0 Å². The third-order valence-corrected chi connectivity index (χ3v) is 4.88. The molecule has 1 atom stereocenters. The lowest BCUT2D eigenvalue weighted by Gasteiger charge is -2.34. The van der Waals surface area contributed by atoms with Gasteiger partial charge in [0.05, 0.1) is 38.3 Å². The van der Waals surface area contributed by atoms with E-state index in [9.17, 15) is 4.39 Å². The minimum absolute atomic E-state index is 0.0367. The standard InChI is InChI=1S/C21H22FN3O2/c1-26-17-8-6-15(7-9-17)19-12-23-21(24-19)20-14-27-11-10-25(20)13-16-4-2-3-5-18(16)22/h2-9,12,20H,10-11,13-14H2,1H3,(H,23,24)/t20-/m0/s1. The summed E-state index contributed by atoms with van der Waals surface area (Å²) in [5, 5.41) is 0. The molecule has 1 aliphatic rings. The molecule has 1 saturated heterocycles. The topological polar surface area (TPSA) is 50.4 Å². The molecule has 1 N–H and O–H groups in total. The van der Waals surface area contributed by atoms with Gasteiger partial charge in [-0.15, -0.1) is 0 Å². The number of rotatable bonds is 5. The number of aromatic amines is 1. The Morgan fingerprint density at radius 3 is 2.81 bits per heavy atom. The van der Waals surface area contributed by atoms with Crippen molar-refractivity contribution < 1.29 is 13.9 Å². The van der Waals surface area contributed by atoms with E-state index in [-0.39, 0.29) is 11.9 Å². The highest BCUT2D eigenvalue weighted by Gasteiger charge is 2.27. The molecule has 4 rings (SSSR count). The highest BCUT2D eigenvalue weighted by Crippen LogP contribution is 2.27. The molecule has 6 heteroatoms. The van der Waals surface area contributed by atoms with Crippen molar-refractivity contribution in [1.82, 2.24) is 14.9 Å². The van der Waals surface area contributed by atoms with Gasteiger partial charge in [0, 0.05) is 18.7 Å². The summed E-state index contributed by atoms with van der Waals surface area (Å²) in [5.74, 6) is 1.47. The minimum Gasteiger partial charge on any atom is -0.497 e. The molecule has 1 aliphatic heterocycles. The molecule has 27 heavy (non-hydrogen) atoms. The molecule has 3 aromatic rings. The third-order valence-electron chi connectivity index (χ3n) is 4.88. The Labute approximate surface area is 157 Å². The molecule has 2 aromatic carbocycles. The van der Waals surface area contributed by atoms with Crippen LogP contribution in [-0.4, -0.2) is 41.7 Å². The van der Waals surface area contributed by atoms with E-state index in [2.05, 4.69) is 14.9 Å². The van der Waals surface area contributed by atoms with Crippen molar-refractivity contribution in [2.75, 3.05) is 26.9 Å². The van der Waals surface area contributed by atoms with Crippen LogP contribution in [0.4, 0.5) is 4.39 Å². The maximum absolute atomic E-state index is 14.1. The van der Waals surface area contributed by atoms with Crippen LogP contribution >= 0.6 is 0 Å². The van der Waals surface area contributed by atoms with Gasteiger partial charge in [0.15, 0.2) is 0 Å². The number of ether oxygens (including phenoxy) is 2. The van der Waals surface area contributed by atoms with Gasteiger partial charge in [-0.3, -0.25) is 4.90 Å². The number of hydrogen-bond donors (Lipinski definition) is 1. The Hall–Kier alpha value is -2.70. The number of nitrogens with zero attached hydrogens (tertiary/aromatic N) is 2. The number of imidazole rings is 1. The van der Waals surface area contributed by atoms with Gasteiger partial charge in [-0.25, -0.2) is 9.37 Å². The van der Waals surface area contributed by atoms with Gasteiger partial charge in [-0.05, 0) is 35.9 Å². The van der Waals surface area contributed by atoms with Gasteiger partial charge in [0.25, 0.3) is 0 Å². The van der Waals surface area contributed by atoms with E-state index in [1.165, 1.54) is 6.07 Å². The minimum atomic E-state index is -0.180. The monoisotopic (exact) mass is 367 g/mol. The molecular formula is C21H22FN3O2. The molecule has 1 aromatic heterocycles. The Morgan fingerprint density at radius 1 is 1.22 bits per heavy atom. The fraction of sp³-hybridized carbons (Fsp3) is 0.286. The number of benzene rings is 2. The molecule has 0 saturated carbocycles. The summed E-state index contributed by atoms with van der Waals surface area (Å²) < 4.78 is 24.9. The van der Waals surface area contributed by atoms with E-state index < -0.39 is 0 Å². The lowest BCUT2D eigenvalue weighted by atomic mass is 10.1. The van der Waals surface area contributed by atoms with E-state index in [1.807, 2.05) is 42.6 Å². The molecule has 1 fully saturated rings. The maximum atomic E-state index is 14.1. The van der Waals surface area contributed by atoms with E-state index in [0.717, 1.165) is 29.4 Å². The summed E-state index contributed by atoms with van der Waals surface area (Å²) in [7, 11) is 1.65. The van der Waals surface area contributed by atoms with Crippen LogP contribution in [0, 0.1) is 5.82 Å². The normalized spacial score (nSPS) is 17.8. The first-order chi connectivity index (χ1) is 13.2. The van der Waals surface area contributed by atoms with Crippen molar-refractivity contribution >= 4 is 0 Å². The van der Waals surface area contributed by atoms with Gasteiger partial charge in [-0.1, -0.05) is 18.2 Å². The molecule has 0 bridgehead atoms. The van der Waals surface area contributed by atoms with Crippen molar-refractivity contribution in [2.24, 2.45) is 0 Å². The summed E-state index contributed by atoms with van der Waals surface area (Å²) in [4.78, 5) is 10.2. The highest BCUT2D eigenvalue weighted by molar-refractivity contribution is 5.59. The van der Waals surface area contributed by atoms with Crippen molar-refractivity contribution in [3.05, 3.63) is 71.9 Å². The molecule has 5 nitrogen and oxygen atoms in total. The quantitative estimate of drug-likeness (QED) is 0.745. The van der Waals surface area contributed by atoms with Crippen LogP contribution < -0.4 is 4.74 Å². The maximum Gasteiger partial charge on any atom is 0.127 e. The van der Waals surface area contributed by atoms with Gasteiger partial charge in [0.1, 0.15) is 17.4 Å². The Kier molecular flexibility index (Phi) is 5.18. The Balaban J connectivity index is 1.55. The smallest absolute Gasteiger partial charge is 0.127 e. The van der Waals surface area contributed by atoms with Gasteiger partial charge in [-0.2, -0.15) is 0 Å². The average Bonchev–Trinajstić information content (AvgIpc) is 3.20. The highest BCUT2D eigenvalue weighted by atomic mass is 19.1. The first-order valence-corrected chi connectivity index (χ1v) is 8.99. The number of aromatic nitrogens is 2. The van der Waals surface area contributed by atoms with E-state index >= 15 is 0 Å². The summed E-state index contributed by atoms with van der Waals surface area (Å²) >= 11 is 0. The Bertz CT molecular complexity index is 894. The first kappa shape index (κ1) is 17.7. The van der Waals surface area contributed by atoms with Gasteiger partial charge < -0.3 is 14.5 Å². The predicted molar refractivity (Wildman–Crippen MR) is 101 cm³/mol. The summed E-state index contributed by atoms with van der Waals surface area (Å²) in [6, 6.07) is 14.7. The molecule has 0 aliphatic carbocycles. The van der Waals surface area contributed by atoms with E-state index in [1.54, 1.807) is 13.2 Å². The summed E-state index contributed by atoms with van der Waals surface area (Å²) in [6.07, 6.45) is 1.83. The molecule has 0 unspecified atom stereocenters. The van der Waals surface area contributed by atoms with Crippen LogP contribution in [0.25, 0.3) is 11.3 Å². The first-order valence-electron chi connectivity index (χ1n) is 8.99. The predicted octanol–water partition coefficient (Wildman–Crippen LogP) is 3.80. The van der Waals surface area contributed by atoms with Crippen molar-refractivity contribution in [1.29, 1.82) is 0 Å². The zero-order valence-electron chi connectivity index (χ0n) is 15.2. The van der Waals surface area contributed by atoms with Crippen molar-refractivity contribution in [3.8, 4) is 17.0 Å². The fourth-order valence-corrected chi connectivity index (χ4v) is 3.35. The molecule has 0 spiro atoms. The van der Waals surface area contributed by atoms with Crippen LogP contribution in [0.5, 0.6) is 5.75 Å². The van der Waals surface area contributed by atoms with Crippen molar-refractivity contribution in [2.45, 2.75) is 12.6 Å². The largest absolute Gasteiger partial charge is 0.497 e. The second-order valence-corrected chi connectivity index (χ2v) is 6.56. The Morgan fingerprint density at radius 2 is 2.04 bits per heavy atom. The van der Waals surface area contributed by atoms with Crippen LogP contribution in [-0.2, 0) is 11.3 Å². The number of halogens is 1. The number of hydrogen-bond acceptors (Lipinski definition) is 4. The number of methoxy groups -OCH3 is 1. The molecular weight excluding hydrogens is 345 g/mol. The average molecular weight is 367 g/mol. The lowest BCUT2D eigenvalue weighted by molar-refractivity contribution is -0.0160. The van der Waals surface area contributed by atoms with Gasteiger partial charge >= 0.3 is 0 Å². The molecule has 0 amide bonds. The molecule has 2 heterocycles. The summed E-state index contributed by atoms with van der Waals surface area (Å²) in [6.45, 7) is 2.43. The zero-order valence-corrected chi connectivity index (χ0v) is 15.2. The lowest BCUT2D eigenvalue weighted by Crippen LogP contribution is -2.39. The fourth-order valence-electron chi connectivity index (χ4n) is 3.35. The number of morpholine rings is 1. The third kappa shape index (κ3) is 3.86. The van der Waals surface area contributed by atoms with Crippen LogP contribution in [0.2, 0.25) is 0 Å². The molecule has 140 valence electrons. The second-order valence-electron chi connectivity index (χ2n) is 6.56. The summed E-state index contributed by atoms with van der Waals surface area (Å²) in [5.41, 5.74) is 2.65.